The molecular weight excluding hydrogens is 310 g/mol. The molecule has 0 spiro atoms. The van der Waals surface area contributed by atoms with Gasteiger partial charge in [0, 0.05) is 18.6 Å². The van der Waals surface area contributed by atoms with E-state index in [1.807, 2.05) is 6.92 Å². The topological polar surface area (TPSA) is 114 Å². The maximum absolute atomic E-state index is 12.5. The maximum atomic E-state index is 12.5. The van der Waals surface area contributed by atoms with Crippen LogP contribution >= 0.6 is 12.2 Å². The second kappa shape index (κ2) is 6.29. The number of hydrogen-bond acceptors (Lipinski definition) is 5. The number of nitrogens with one attached hydrogen (secondary N) is 2. The first-order valence-electron chi connectivity index (χ1n) is 6.22. The lowest BCUT2D eigenvalue weighted by molar-refractivity contribution is 0.539. The molecule has 0 saturated carbocycles. The fourth-order valence-electron chi connectivity index (χ4n) is 1.84. The van der Waals surface area contributed by atoms with Crippen LogP contribution in [0.3, 0.4) is 0 Å². The number of imidazole rings is 1. The molecule has 0 saturated heterocycles. The van der Waals surface area contributed by atoms with Crippen molar-refractivity contribution < 1.29 is 8.42 Å². The number of pyridine rings is 1. The second-order valence-electron chi connectivity index (χ2n) is 4.27. The van der Waals surface area contributed by atoms with Gasteiger partial charge < -0.3 is 10.7 Å². The Morgan fingerprint density at radius 3 is 2.81 bits per heavy atom. The number of rotatable bonds is 6. The summed E-state index contributed by atoms with van der Waals surface area (Å²) in [6.07, 6.45) is 5.18. The molecule has 9 heteroatoms. The van der Waals surface area contributed by atoms with Crippen molar-refractivity contribution in [2.24, 2.45) is 5.73 Å². The maximum Gasteiger partial charge on any atom is 0.243 e. The van der Waals surface area contributed by atoms with Crippen LogP contribution in [0.1, 0.15) is 30.9 Å². The summed E-state index contributed by atoms with van der Waals surface area (Å²) in [5.41, 5.74) is 5.61. The van der Waals surface area contributed by atoms with Crippen LogP contribution in [0, 0.1) is 0 Å². The summed E-state index contributed by atoms with van der Waals surface area (Å²) < 4.78 is 27.6. The molecule has 2 rings (SSSR count). The number of sulfonamides is 1. The molecule has 0 aliphatic heterocycles. The molecule has 112 valence electrons. The summed E-state index contributed by atoms with van der Waals surface area (Å²) >= 11 is 4.84. The van der Waals surface area contributed by atoms with Gasteiger partial charge in [-0.05, 0) is 18.6 Å². The normalized spacial score (nSPS) is 13.0. The van der Waals surface area contributed by atoms with Gasteiger partial charge in [0.1, 0.15) is 21.4 Å². The monoisotopic (exact) mass is 325 g/mol. The zero-order chi connectivity index (χ0) is 15.5. The van der Waals surface area contributed by atoms with Gasteiger partial charge in [-0.1, -0.05) is 19.1 Å². The van der Waals surface area contributed by atoms with Gasteiger partial charge in [-0.2, -0.15) is 0 Å². The Bertz CT molecular complexity index is 728. The Morgan fingerprint density at radius 1 is 1.48 bits per heavy atom. The highest BCUT2D eigenvalue weighted by Gasteiger charge is 2.25. The van der Waals surface area contributed by atoms with E-state index < -0.39 is 16.1 Å². The fourth-order valence-corrected chi connectivity index (χ4v) is 3.53. The fraction of sp³-hybridized carbons (Fsp3) is 0.250. The van der Waals surface area contributed by atoms with Crippen LogP contribution in [0.25, 0.3) is 0 Å². The van der Waals surface area contributed by atoms with Gasteiger partial charge in [-0.3, -0.25) is 4.98 Å². The molecule has 0 fully saturated rings. The van der Waals surface area contributed by atoms with Crippen molar-refractivity contribution in [2.75, 3.05) is 0 Å². The van der Waals surface area contributed by atoms with Gasteiger partial charge in [-0.25, -0.2) is 18.1 Å². The molecule has 0 radical (unpaired) electrons. The average Bonchev–Trinajstić information content (AvgIpc) is 2.99. The highest BCUT2D eigenvalue weighted by atomic mass is 32.2. The molecule has 1 unspecified atom stereocenters. The molecule has 1 atom stereocenters. The summed E-state index contributed by atoms with van der Waals surface area (Å²) in [5, 5.41) is 0. The van der Waals surface area contributed by atoms with Crippen LogP contribution in [-0.2, 0) is 10.0 Å². The number of nitrogens with two attached hydrogens (primary N) is 1. The lowest BCUT2D eigenvalue weighted by atomic mass is 10.2. The Balaban J connectivity index is 2.37. The predicted octanol–water partition coefficient (Wildman–Crippen LogP) is 0.869. The van der Waals surface area contributed by atoms with Crippen molar-refractivity contribution in [3.8, 4) is 0 Å². The number of aromatic nitrogens is 3. The Hall–Kier alpha value is -1.84. The van der Waals surface area contributed by atoms with E-state index in [2.05, 4.69) is 19.7 Å². The van der Waals surface area contributed by atoms with E-state index in [-0.39, 0.29) is 15.6 Å². The highest BCUT2D eigenvalue weighted by molar-refractivity contribution is 7.89. The van der Waals surface area contributed by atoms with E-state index in [4.69, 9.17) is 18.0 Å². The molecule has 2 heterocycles. The van der Waals surface area contributed by atoms with Crippen molar-refractivity contribution in [1.29, 1.82) is 0 Å². The summed E-state index contributed by atoms with van der Waals surface area (Å²) in [5.74, 6) is 0.543. The smallest absolute Gasteiger partial charge is 0.243 e. The van der Waals surface area contributed by atoms with Crippen LogP contribution < -0.4 is 10.5 Å². The van der Waals surface area contributed by atoms with Gasteiger partial charge in [0.05, 0.1) is 6.04 Å². The lowest BCUT2D eigenvalue weighted by Gasteiger charge is -2.16. The number of hydrogen-bond donors (Lipinski definition) is 3. The van der Waals surface area contributed by atoms with Crippen molar-refractivity contribution in [2.45, 2.75) is 24.3 Å². The first kappa shape index (κ1) is 15.5. The molecule has 0 aromatic carbocycles. The molecule has 0 aliphatic carbocycles. The van der Waals surface area contributed by atoms with E-state index >= 15 is 0 Å². The van der Waals surface area contributed by atoms with Crippen LogP contribution in [0.4, 0.5) is 0 Å². The zero-order valence-electron chi connectivity index (χ0n) is 11.3. The minimum atomic E-state index is -3.81. The van der Waals surface area contributed by atoms with Gasteiger partial charge in [-0.15, -0.1) is 0 Å². The predicted molar refractivity (Wildman–Crippen MR) is 82.1 cm³/mol. The van der Waals surface area contributed by atoms with E-state index in [0.29, 0.717) is 12.2 Å². The standard InChI is InChI=1S/C12H15N5O2S2/c1-2-8(12-15-6-7-16-12)17-21(18,19)9-4-3-5-14-10(9)11(13)20/h3-8,17H,2H2,1H3,(H2,13,20)(H,15,16). The van der Waals surface area contributed by atoms with Crippen LogP contribution in [0.5, 0.6) is 0 Å². The minimum absolute atomic E-state index is 0.0393. The van der Waals surface area contributed by atoms with E-state index in [1.165, 1.54) is 18.3 Å². The molecule has 0 aliphatic rings. The van der Waals surface area contributed by atoms with Crippen molar-refractivity contribution in [3.63, 3.8) is 0 Å². The summed E-state index contributed by atoms with van der Waals surface area (Å²) in [6.45, 7) is 1.85. The van der Waals surface area contributed by atoms with Crippen molar-refractivity contribution in [1.82, 2.24) is 19.7 Å². The van der Waals surface area contributed by atoms with Gasteiger partial charge in [0.2, 0.25) is 10.0 Å². The lowest BCUT2D eigenvalue weighted by Crippen LogP contribution is -2.31. The third kappa shape index (κ3) is 3.43. The van der Waals surface area contributed by atoms with Gasteiger partial charge in [0.25, 0.3) is 0 Å². The molecule has 0 bridgehead atoms. The quantitative estimate of drug-likeness (QED) is 0.679. The average molecular weight is 325 g/mol. The highest BCUT2D eigenvalue weighted by Crippen LogP contribution is 2.19. The Morgan fingerprint density at radius 2 is 2.24 bits per heavy atom. The molecule has 7 nitrogen and oxygen atoms in total. The van der Waals surface area contributed by atoms with Gasteiger partial charge in [0.15, 0.2) is 0 Å². The molecule has 0 amide bonds. The SMILES string of the molecule is CCC(NS(=O)(=O)c1cccnc1C(N)=S)c1ncc[nH]1. The largest absolute Gasteiger partial charge is 0.388 e. The molecule has 2 aromatic rings. The first-order chi connectivity index (χ1) is 9.95. The number of thiocarbonyl (C=S) groups is 1. The zero-order valence-corrected chi connectivity index (χ0v) is 12.9. The van der Waals surface area contributed by atoms with E-state index in [0.717, 1.165) is 0 Å². The Kier molecular flexibility index (Phi) is 4.66. The number of aromatic amines is 1. The van der Waals surface area contributed by atoms with Crippen LogP contribution in [0.15, 0.2) is 35.6 Å². The second-order valence-corrected chi connectivity index (χ2v) is 6.39. The van der Waals surface area contributed by atoms with Crippen LogP contribution in [-0.4, -0.2) is 28.4 Å². The Labute approximate surface area is 128 Å². The number of nitrogens with zero attached hydrogens (tertiary/aromatic N) is 2. The third-order valence-corrected chi connectivity index (χ3v) is 4.55. The van der Waals surface area contributed by atoms with Gasteiger partial charge >= 0.3 is 0 Å². The molecule has 21 heavy (non-hydrogen) atoms. The summed E-state index contributed by atoms with van der Waals surface area (Å²) in [4.78, 5) is 10.8. The first-order valence-corrected chi connectivity index (χ1v) is 8.11. The van der Waals surface area contributed by atoms with Crippen LogP contribution in [0.2, 0.25) is 0 Å². The summed E-state index contributed by atoms with van der Waals surface area (Å²) in [6, 6.07) is 2.47. The van der Waals surface area contributed by atoms with E-state index in [1.54, 1.807) is 12.4 Å². The minimum Gasteiger partial charge on any atom is -0.388 e. The molecular formula is C12H15N5O2S2. The van der Waals surface area contributed by atoms with Crippen molar-refractivity contribution in [3.05, 3.63) is 42.2 Å². The van der Waals surface area contributed by atoms with Crippen molar-refractivity contribution >= 4 is 27.2 Å². The summed E-state index contributed by atoms with van der Waals surface area (Å²) in [7, 11) is -3.81. The number of H-pyrrole nitrogens is 1. The molecule has 4 N–H and O–H groups in total. The third-order valence-electron chi connectivity index (χ3n) is 2.85. The van der Waals surface area contributed by atoms with E-state index in [9.17, 15) is 8.42 Å². The molecule has 2 aromatic heterocycles.